The number of nitrogens with zero attached hydrogens (tertiary/aromatic N) is 1. The van der Waals surface area contributed by atoms with E-state index in [9.17, 15) is 14.0 Å². The van der Waals surface area contributed by atoms with Gasteiger partial charge in [0.2, 0.25) is 0 Å². The van der Waals surface area contributed by atoms with E-state index in [4.69, 9.17) is 0 Å². The van der Waals surface area contributed by atoms with Crippen LogP contribution in [0.15, 0.2) is 16.9 Å². The molecule has 0 radical (unpaired) electrons. The molecule has 3 aliphatic rings. The molecule has 0 saturated heterocycles. The van der Waals surface area contributed by atoms with Crippen LogP contribution < -0.4 is 10.9 Å². The van der Waals surface area contributed by atoms with Crippen molar-refractivity contribution in [1.29, 1.82) is 0 Å². The minimum atomic E-state index is -1.63. The minimum Gasteiger partial charge on any atom is -0.350 e. The summed E-state index contributed by atoms with van der Waals surface area (Å²) >= 11 is 0. The largest absolute Gasteiger partial charge is 0.350 e. The molecule has 5 heteroatoms. The van der Waals surface area contributed by atoms with Crippen molar-refractivity contribution in [2.45, 2.75) is 69.6 Å². The Labute approximate surface area is 135 Å². The molecule has 1 aromatic heterocycles. The van der Waals surface area contributed by atoms with Crippen LogP contribution in [0.5, 0.6) is 0 Å². The van der Waals surface area contributed by atoms with Gasteiger partial charge in [-0.2, -0.15) is 0 Å². The van der Waals surface area contributed by atoms with Crippen molar-refractivity contribution in [2.75, 3.05) is 0 Å². The predicted octanol–water partition coefficient (Wildman–Crippen LogP) is 2.12. The molecule has 1 heterocycles. The topological polar surface area (TPSA) is 51.1 Å². The fourth-order valence-electron chi connectivity index (χ4n) is 3.74. The number of hydrogen-bond acceptors (Lipinski definition) is 2. The number of alkyl halides is 1. The van der Waals surface area contributed by atoms with Crippen LogP contribution in [-0.4, -0.2) is 22.2 Å². The highest BCUT2D eigenvalue weighted by Gasteiger charge is 2.45. The highest BCUT2D eigenvalue weighted by atomic mass is 19.1. The Morgan fingerprint density at radius 1 is 1.30 bits per heavy atom. The van der Waals surface area contributed by atoms with Gasteiger partial charge >= 0.3 is 0 Å². The summed E-state index contributed by atoms with van der Waals surface area (Å²) in [6, 6.07) is 3.50. The molecular formula is C18H23FN2O2. The zero-order valence-electron chi connectivity index (χ0n) is 13.3. The van der Waals surface area contributed by atoms with Crippen LogP contribution >= 0.6 is 0 Å². The molecule has 1 atom stereocenters. The lowest BCUT2D eigenvalue weighted by Crippen LogP contribution is -2.52. The third-order valence-corrected chi connectivity index (χ3v) is 5.61. The van der Waals surface area contributed by atoms with E-state index in [1.807, 2.05) is 10.6 Å². The standard InChI is InChI=1S/C18H23FN2O2/c19-18(8-1-9-18)17(23)20-14-5-6-15-13(10-14)4-7-16(22)21(15)11-12-2-3-12/h4,7,12,14H,1-3,5-6,8-11H2,(H,20,23). The smallest absolute Gasteiger partial charge is 0.257 e. The summed E-state index contributed by atoms with van der Waals surface area (Å²) in [5.74, 6) is 0.213. The number of carbonyl (C=O) groups excluding carboxylic acids is 1. The van der Waals surface area contributed by atoms with Gasteiger partial charge in [-0.05, 0) is 62.8 Å². The Morgan fingerprint density at radius 3 is 2.74 bits per heavy atom. The van der Waals surface area contributed by atoms with Crippen molar-refractivity contribution in [3.8, 4) is 0 Å². The van der Waals surface area contributed by atoms with Crippen LogP contribution in [0.1, 0.15) is 49.8 Å². The average molecular weight is 318 g/mol. The molecular weight excluding hydrogens is 295 g/mol. The van der Waals surface area contributed by atoms with Crippen LogP contribution in [0.4, 0.5) is 4.39 Å². The van der Waals surface area contributed by atoms with Gasteiger partial charge < -0.3 is 9.88 Å². The Morgan fingerprint density at radius 2 is 2.09 bits per heavy atom. The molecule has 4 nitrogen and oxygen atoms in total. The number of aromatic nitrogens is 1. The molecule has 0 aliphatic heterocycles. The van der Waals surface area contributed by atoms with E-state index < -0.39 is 11.6 Å². The van der Waals surface area contributed by atoms with Gasteiger partial charge in [-0.15, -0.1) is 0 Å². The number of amides is 1. The van der Waals surface area contributed by atoms with E-state index in [-0.39, 0.29) is 11.6 Å². The summed E-state index contributed by atoms with van der Waals surface area (Å²) in [7, 11) is 0. The second kappa shape index (κ2) is 5.46. The molecule has 4 rings (SSSR count). The lowest BCUT2D eigenvalue weighted by molar-refractivity contribution is -0.139. The molecule has 0 bridgehead atoms. The van der Waals surface area contributed by atoms with Gasteiger partial charge in [-0.25, -0.2) is 4.39 Å². The summed E-state index contributed by atoms with van der Waals surface area (Å²) in [6.07, 6.45) is 6.19. The molecule has 0 spiro atoms. The maximum atomic E-state index is 14.2. The van der Waals surface area contributed by atoms with E-state index in [1.165, 1.54) is 12.8 Å². The second-order valence-electron chi connectivity index (χ2n) is 7.43. The molecule has 0 aromatic carbocycles. The van der Waals surface area contributed by atoms with Gasteiger partial charge in [0.25, 0.3) is 11.5 Å². The fraction of sp³-hybridized carbons (Fsp3) is 0.667. The Bertz CT molecular complexity index is 689. The van der Waals surface area contributed by atoms with Gasteiger partial charge in [0, 0.05) is 24.3 Å². The molecule has 3 aliphatic carbocycles. The number of nitrogens with one attached hydrogen (secondary N) is 1. The molecule has 23 heavy (non-hydrogen) atoms. The van der Waals surface area contributed by atoms with E-state index >= 15 is 0 Å². The minimum absolute atomic E-state index is 0.0184. The summed E-state index contributed by atoms with van der Waals surface area (Å²) in [5, 5.41) is 2.89. The first-order valence-corrected chi connectivity index (χ1v) is 8.77. The molecule has 1 aromatic rings. The van der Waals surface area contributed by atoms with E-state index in [1.54, 1.807) is 6.07 Å². The monoisotopic (exact) mass is 318 g/mol. The summed E-state index contributed by atoms with van der Waals surface area (Å²) < 4.78 is 16.1. The van der Waals surface area contributed by atoms with Crippen LogP contribution in [0.25, 0.3) is 0 Å². The van der Waals surface area contributed by atoms with Gasteiger partial charge in [0.1, 0.15) is 0 Å². The number of pyridine rings is 1. The van der Waals surface area contributed by atoms with Crippen LogP contribution in [0, 0.1) is 5.92 Å². The number of fused-ring (bicyclic) bond motifs is 1. The fourth-order valence-corrected chi connectivity index (χ4v) is 3.74. The van der Waals surface area contributed by atoms with Crippen LogP contribution in [0.2, 0.25) is 0 Å². The predicted molar refractivity (Wildman–Crippen MR) is 85.1 cm³/mol. The SMILES string of the molecule is O=C(NC1CCc2c(ccc(=O)n2CC2CC2)C1)C1(F)CCC1. The Hall–Kier alpha value is -1.65. The average Bonchev–Trinajstić information content (AvgIpc) is 3.32. The lowest BCUT2D eigenvalue weighted by Gasteiger charge is -2.35. The van der Waals surface area contributed by atoms with Gasteiger partial charge in [0.15, 0.2) is 5.67 Å². The molecule has 1 N–H and O–H groups in total. The van der Waals surface area contributed by atoms with E-state index in [0.29, 0.717) is 25.2 Å². The first-order chi connectivity index (χ1) is 11.0. The zero-order chi connectivity index (χ0) is 16.0. The summed E-state index contributed by atoms with van der Waals surface area (Å²) in [4.78, 5) is 24.2. The first-order valence-electron chi connectivity index (χ1n) is 8.77. The maximum Gasteiger partial charge on any atom is 0.257 e. The summed E-state index contributed by atoms with van der Waals surface area (Å²) in [5.41, 5.74) is 0.692. The van der Waals surface area contributed by atoms with Crippen molar-refractivity contribution in [3.63, 3.8) is 0 Å². The third kappa shape index (κ3) is 2.81. The zero-order valence-corrected chi connectivity index (χ0v) is 13.3. The third-order valence-electron chi connectivity index (χ3n) is 5.61. The highest BCUT2D eigenvalue weighted by Crippen LogP contribution is 2.36. The number of carbonyl (C=O) groups is 1. The maximum absolute atomic E-state index is 14.2. The highest BCUT2D eigenvalue weighted by molar-refractivity contribution is 5.86. The molecule has 1 unspecified atom stereocenters. The van der Waals surface area contributed by atoms with Crippen molar-refractivity contribution < 1.29 is 9.18 Å². The van der Waals surface area contributed by atoms with Crippen molar-refractivity contribution in [1.82, 2.24) is 9.88 Å². The van der Waals surface area contributed by atoms with Crippen molar-refractivity contribution in [2.24, 2.45) is 5.92 Å². The number of rotatable bonds is 4. The molecule has 124 valence electrons. The lowest BCUT2D eigenvalue weighted by atomic mass is 9.80. The second-order valence-corrected chi connectivity index (χ2v) is 7.43. The van der Waals surface area contributed by atoms with E-state index in [2.05, 4.69) is 5.32 Å². The van der Waals surface area contributed by atoms with Gasteiger partial charge in [-0.1, -0.05) is 6.07 Å². The van der Waals surface area contributed by atoms with Crippen molar-refractivity contribution >= 4 is 5.91 Å². The Balaban J connectivity index is 1.49. The van der Waals surface area contributed by atoms with Crippen LogP contribution in [0.3, 0.4) is 0 Å². The number of halogens is 1. The molecule has 2 fully saturated rings. The number of hydrogen-bond donors (Lipinski definition) is 1. The molecule has 1 amide bonds. The summed E-state index contributed by atoms with van der Waals surface area (Å²) in [6.45, 7) is 0.826. The first kappa shape index (κ1) is 14.9. The van der Waals surface area contributed by atoms with Crippen LogP contribution in [-0.2, 0) is 24.2 Å². The molecule has 2 saturated carbocycles. The van der Waals surface area contributed by atoms with Gasteiger partial charge in [0.05, 0.1) is 0 Å². The van der Waals surface area contributed by atoms with Gasteiger partial charge in [-0.3, -0.25) is 9.59 Å². The van der Waals surface area contributed by atoms with E-state index in [0.717, 1.165) is 37.1 Å². The Kier molecular flexibility index (Phi) is 3.54. The quantitative estimate of drug-likeness (QED) is 0.924. The normalized spacial score (nSPS) is 25.3. The van der Waals surface area contributed by atoms with Crippen molar-refractivity contribution in [3.05, 3.63) is 33.7 Å².